The summed E-state index contributed by atoms with van der Waals surface area (Å²) in [4.78, 5) is 11.7. The summed E-state index contributed by atoms with van der Waals surface area (Å²) in [6.07, 6.45) is 2.53. The van der Waals surface area contributed by atoms with E-state index in [0.717, 1.165) is 19.3 Å². The van der Waals surface area contributed by atoms with Gasteiger partial charge in [0.15, 0.2) is 5.60 Å². The molecule has 1 saturated carbocycles. The number of fused-ring (bicyclic) bond motifs is 1. The minimum absolute atomic E-state index is 0.0630. The summed E-state index contributed by atoms with van der Waals surface area (Å²) in [6, 6.07) is 4.71. The molecule has 4 nitrogen and oxygen atoms in total. The van der Waals surface area contributed by atoms with Crippen molar-refractivity contribution in [3.8, 4) is 11.5 Å². The zero-order valence-corrected chi connectivity index (χ0v) is 8.12. The van der Waals surface area contributed by atoms with Crippen molar-refractivity contribution in [2.45, 2.75) is 24.9 Å². The Morgan fingerprint density at radius 3 is 2.87 bits per heavy atom. The number of ether oxygens (including phenoxy) is 1. The fraction of sp³-hybridized carbons (Fsp3) is 0.364. The first-order valence-corrected chi connectivity index (χ1v) is 5.03. The molecule has 1 aromatic carbocycles. The highest BCUT2D eigenvalue weighted by Crippen LogP contribution is 2.44. The van der Waals surface area contributed by atoms with Gasteiger partial charge in [-0.05, 0) is 31.4 Å². The summed E-state index contributed by atoms with van der Waals surface area (Å²) in [5.41, 5.74) is -0.0313. The molecule has 2 aliphatic rings. The van der Waals surface area contributed by atoms with E-state index in [-0.39, 0.29) is 11.7 Å². The Balaban J connectivity index is 2.03. The maximum atomic E-state index is 11.7. The molecule has 1 aromatic rings. The van der Waals surface area contributed by atoms with Crippen molar-refractivity contribution >= 4 is 11.6 Å². The van der Waals surface area contributed by atoms with E-state index in [1.54, 1.807) is 6.07 Å². The van der Waals surface area contributed by atoms with Crippen LogP contribution < -0.4 is 10.1 Å². The van der Waals surface area contributed by atoms with Crippen LogP contribution in [-0.2, 0) is 4.79 Å². The average Bonchev–Trinajstić information content (AvgIpc) is 2.15. The predicted molar refractivity (Wildman–Crippen MR) is 53.9 cm³/mol. The van der Waals surface area contributed by atoms with Gasteiger partial charge in [-0.2, -0.15) is 0 Å². The van der Waals surface area contributed by atoms with Crippen molar-refractivity contribution in [3.63, 3.8) is 0 Å². The Morgan fingerprint density at radius 1 is 1.40 bits per heavy atom. The minimum atomic E-state index is -0.666. The summed E-state index contributed by atoms with van der Waals surface area (Å²) in [5, 5.41) is 12.1. The van der Waals surface area contributed by atoms with Crippen LogP contribution in [0.3, 0.4) is 0 Å². The van der Waals surface area contributed by atoms with E-state index in [1.807, 2.05) is 0 Å². The van der Waals surface area contributed by atoms with Gasteiger partial charge in [-0.15, -0.1) is 0 Å². The number of hydrogen-bond acceptors (Lipinski definition) is 3. The van der Waals surface area contributed by atoms with Gasteiger partial charge in [0, 0.05) is 6.07 Å². The third-order valence-corrected chi connectivity index (χ3v) is 3.09. The van der Waals surface area contributed by atoms with Gasteiger partial charge in [-0.1, -0.05) is 0 Å². The maximum Gasteiger partial charge on any atom is 0.268 e. The lowest BCUT2D eigenvalue weighted by Gasteiger charge is -2.43. The predicted octanol–water partition coefficient (Wildman–Crippen LogP) is 1.65. The number of carbonyl (C=O) groups is 1. The molecule has 4 heteroatoms. The second-order valence-electron chi connectivity index (χ2n) is 4.08. The zero-order chi connectivity index (χ0) is 10.5. The smallest absolute Gasteiger partial charge is 0.268 e. The van der Waals surface area contributed by atoms with Crippen molar-refractivity contribution in [1.82, 2.24) is 0 Å². The molecule has 15 heavy (non-hydrogen) atoms. The number of benzene rings is 1. The fourth-order valence-electron chi connectivity index (χ4n) is 2.02. The van der Waals surface area contributed by atoms with E-state index in [2.05, 4.69) is 5.32 Å². The molecule has 0 radical (unpaired) electrons. The van der Waals surface area contributed by atoms with E-state index in [0.29, 0.717) is 11.4 Å². The molecule has 0 saturated heterocycles. The van der Waals surface area contributed by atoms with Crippen molar-refractivity contribution < 1.29 is 14.6 Å². The van der Waals surface area contributed by atoms with Crippen molar-refractivity contribution in [2.24, 2.45) is 0 Å². The molecule has 1 amide bonds. The average molecular weight is 205 g/mol. The van der Waals surface area contributed by atoms with Crippen molar-refractivity contribution in [2.75, 3.05) is 5.32 Å². The number of rotatable bonds is 0. The third kappa shape index (κ3) is 1.11. The highest BCUT2D eigenvalue weighted by Gasteiger charge is 2.49. The first-order chi connectivity index (χ1) is 7.20. The first kappa shape index (κ1) is 8.59. The monoisotopic (exact) mass is 205 g/mol. The van der Waals surface area contributed by atoms with Crippen LogP contribution in [0.2, 0.25) is 0 Å². The first-order valence-electron chi connectivity index (χ1n) is 5.03. The molecule has 1 spiro atoms. The lowest BCUT2D eigenvalue weighted by Crippen LogP contribution is -2.55. The lowest BCUT2D eigenvalue weighted by atomic mass is 9.78. The Kier molecular flexibility index (Phi) is 1.52. The minimum Gasteiger partial charge on any atom is -0.508 e. The van der Waals surface area contributed by atoms with E-state index in [9.17, 15) is 9.90 Å². The molecule has 78 valence electrons. The van der Waals surface area contributed by atoms with Crippen LogP contribution in [0.25, 0.3) is 0 Å². The second kappa shape index (κ2) is 2.66. The summed E-state index contributed by atoms with van der Waals surface area (Å²) in [5.74, 6) is 0.653. The zero-order valence-electron chi connectivity index (χ0n) is 8.12. The molecule has 0 bridgehead atoms. The summed E-state index contributed by atoms with van der Waals surface area (Å²) in [7, 11) is 0. The SMILES string of the molecule is O=C1Nc2ccc(O)cc2OC12CCC2. The van der Waals surface area contributed by atoms with Gasteiger partial charge < -0.3 is 15.2 Å². The van der Waals surface area contributed by atoms with E-state index in [4.69, 9.17) is 4.74 Å². The molecule has 1 aliphatic carbocycles. The van der Waals surface area contributed by atoms with E-state index < -0.39 is 5.60 Å². The van der Waals surface area contributed by atoms with Crippen molar-refractivity contribution in [1.29, 1.82) is 0 Å². The maximum absolute atomic E-state index is 11.7. The molecule has 3 rings (SSSR count). The lowest BCUT2D eigenvalue weighted by molar-refractivity contribution is -0.139. The summed E-state index contributed by atoms with van der Waals surface area (Å²) < 4.78 is 5.68. The third-order valence-electron chi connectivity index (χ3n) is 3.09. The summed E-state index contributed by atoms with van der Waals surface area (Å²) >= 11 is 0. The molecule has 0 atom stereocenters. The Hall–Kier alpha value is -1.71. The van der Waals surface area contributed by atoms with E-state index >= 15 is 0 Å². The van der Waals surface area contributed by atoms with Gasteiger partial charge in [0.2, 0.25) is 0 Å². The van der Waals surface area contributed by atoms with Crippen molar-refractivity contribution in [3.05, 3.63) is 18.2 Å². The number of nitrogens with one attached hydrogen (secondary N) is 1. The molecule has 0 aromatic heterocycles. The largest absolute Gasteiger partial charge is 0.508 e. The van der Waals surface area contributed by atoms with Crippen LogP contribution >= 0.6 is 0 Å². The summed E-state index contributed by atoms with van der Waals surface area (Å²) in [6.45, 7) is 0. The van der Waals surface area contributed by atoms with Gasteiger partial charge in [0.25, 0.3) is 5.91 Å². The number of anilines is 1. The quantitative estimate of drug-likeness (QED) is 0.633. The molecular formula is C11H11NO3. The van der Waals surface area contributed by atoms with Crippen LogP contribution in [0.4, 0.5) is 5.69 Å². The molecule has 1 heterocycles. The van der Waals surface area contributed by atoms with Crippen LogP contribution in [0.15, 0.2) is 18.2 Å². The fourth-order valence-corrected chi connectivity index (χ4v) is 2.02. The number of hydrogen-bond donors (Lipinski definition) is 2. The number of carbonyl (C=O) groups excluding carboxylic acids is 1. The standard InChI is InChI=1S/C11H11NO3/c13-7-2-3-8-9(6-7)15-11(4-1-5-11)10(14)12-8/h2-3,6,13H,1,4-5H2,(H,12,14). The molecule has 2 N–H and O–H groups in total. The highest BCUT2D eigenvalue weighted by atomic mass is 16.5. The Labute approximate surface area is 86.9 Å². The van der Waals surface area contributed by atoms with Crippen LogP contribution in [0.5, 0.6) is 11.5 Å². The molecular weight excluding hydrogens is 194 g/mol. The number of aromatic hydroxyl groups is 1. The highest BCUT2D eigenvalue weighted by molar-refractivity contribution is 6.01. The van der Waals surface area contributed by atoms with Gasteiger partial charge in [0.1, 0.15) is 11.5 Å². The number of phenols is 1. The molecule has 0 unspecified atom stereocenters. The Bertz CT molecular complexity index is 437. The van der Waals surface area contributed by atoms with Crippen LogP contribution in [-0.4, -0.2) is 16.6 Å². The Morgan fingerprint density at radius 2 is 2.20 bits per heavy atom. The number of amides is 1. The van der Waals surface area contributed by atoms with Gasteiger partial charge in [-0.3, -0.25) is 4.79 Å². The second-order valence-corrected chi connectivity index (χ2v) is 4.08. The molecule has 1 aliphatic heterocycles. The number of phenolic OH excluding ortho intramolecular Hbond substituents is 1. The normalized spacial score (nSPS) is 21.2. The van der Waals surface area contributed by atoms with Gasteiger partial charge in [0.05, 0.1) is 5.69 Å². The molecule has 1 fully saturated rings. The van der Waals surface area contributed by atoms with Gasteiger partial charge >= 0.3 is 0 Å². The van der Waals surface area contributed by atoms with Crippen LogP contribution in [0.1, 0.15) is 19.3 Å². The van der Waals surface area contributed by atoms with Crippen LogP contribution in [0, 0.1) is 0 Å². The van der Waals surface area contributed by atoms with E-state index in [1.165, 1.54) is 12.1 Å². The topological polar surface area (TPSA) is 58.6 Å². The van der Waals surface area contributed by atoms with Gasteiger partial charge in [-0.25, -0.2) is 0 Å².